The largest absolute Gasteiger partial charge is 0.467 e. The maximum atomic E-state index is 11.3. The van der Waals surface area contributed by atoms with Gasteiger partial charge in [-0.25, -0.2) is 0 Å². The Balaban J connectivity index is 1.37. The SMILES string of the molecule is C/C=C1/[C@@H](C(O)c2ccco2)C[C@H]2[C@@H]3C[C@@H](OC)[C@]45C[C@H]4CC[C@]5(C)[C@H]3CC[C@]12C. The van der Waals surface area contributed by atoms with Crippen LogP contribution in [0.1, 0.15) is 77.6 Å². The Morgan fingerprint density at radius 2 is 2.03 bits per heavy atom. The Morgan fingerprint density at radius 3 is 2.70 bits per heavy atom. The summed E-state index contributed by atoms with van der Waals surface area (Å²) in [6.45, 7) is 7.31. The molecule has 0 bridgehead atoms. The molecule has 0 amide bonds. The predicted octanol–water partition coefficient (Wildman–Crippen LogP) is 6.15. The molecule has 1 spiro atoms. The van der Waals surface area contributed by atoms with E-state index in [9.17, 15) is 5.11 Å². The smallest absolute Gasteiger partial charge is 0.132 e. The normalized spacial score (nSPS) is 53.7. The number of allylic oxidation sites excluding steroid dienone is 1. The molecule has 164 valence electrons. The topological polar surface area (TPSA) is 42.6 Å². The molecule has 0 saturated heterocycles. The molecule has 0 aromatic carbocycles. The average molecular weight is 411 g/mol. The second-order valence-electron chi connectivity index (χ2n) is 11.7. The van der Waals surface area contributed by atoms with Gasteiger partial charge in [-0.1, -0.05) is 25.5 Å². The minimum Gasteiger partial charge on any atom is -0.467 e. The van der Waals surface area contributed by atoms with Gasteiger partial charge in [0.15, 0.2) is 0 Å². The van der Waals surface area contributed by atoms with E-state index in [1.807, 2.05) is 19.2 Å². The highest BCUT2D eigenvalue weighted by atomic mass is 16.5. The van der Waals surface area contributed by atoms with E-state index in [0.29, 0.717) is 28.8 Å². The molecule has 6 rings (SSSR count). The third-order valence-electron chi connectivity index (χ3n) is 11.3. The first kappa shape index (κ1) is 19.6. The average Bonchev–Trinajstić information content (AvgIpc) is 3.06. The highest BCUT2D eigenvalue weighted by Crippen LogP contribution is 2.82. The van der Waals surface area contributed by atoms with Crippen LogP contribution in [0.4, 0.5) is 0 Å². The Hall–Kier alpha value is -1.06. The van der Waals surface area contributed by atoms with Crippen molar-refractivity contribution in [3.05, 3.63) is 35.8 Å². The van der Waals surface area contributed by atoms with E-state index in [1.54, 1.807) is 6.26 Å². The second-order valence-corrected chi connectivity index (χ2v) is 11.7. The number of furan rings is 1. The fourth-order valence-corrected chi connectivity index (χ4v) is 10.0. The van der Waals surface area contributed by atoms with Gasteiger partial charge in [0.2, 0.25) is 0 Å². The molecule has 5 saturated carbocycles. The van der Waals surface area contributed by atoms with Crippen LogP contribution in [0.3, 0.4) is 0 Å². The molecule has 0 radical (unpaired) electrons. The summed E-state index contributed by atoms with van der Waals surface area (Å²) in [6, 6.07) is 3.83. The van der Waals surface area contributed by atoms with Crippen molar-refractivity contribution in [3.63, 3.8) is 0 Å². The van der Waals surface area contributed by atoms with E-state index >= 15 is 0 Å². The summed E-state index contributed by atoms with van der Waals surface area (Å²) >= 11 is 0. The van der Waals surface area contributed by atoms with E-state index in [-0.39, 0.29) is 11.3 Å². The van der Waals surface area contributed by atoms with Crippen LogP contribution < -0.4 is 0 Å². The lowest BCUT2D eigenvalue weighted by Crippen LogP contribution is -2.56. The van der Waals surface area contributed by atoms with Crippen molar-refractivity contribution in [1.29, 1.82) is 0 Å². The molecule has 1 unspecified atom stereocenters. The molecule has 1 heterocycles. The van der Waals surface area contributed by atoms with Crippen LogP contribution in [0, 0.1) is 45.8 Å². The van der Waals surface area contributed by atoms with Gasteiger partial charge < -0.3 is 14.3 Å². The van der Waals surface area contributed by atoms with Crippen molar-refractivity contribution >= 4 is 0 Å². The van der Waals surface area contributed by atoms with Crippen LogP contribution in [0.15, 0.2) is 34.5 Å². The third kappa shape index (κ3) is 2.14. The molecule has 1 aromatic rings. The maximum Gasteiger partial charge on any atom is 0.132 e. The molecule has 1 aromatic heterocycles. The van der Waals surface area contributed by atoms with E-state index in [0.717, 1.165) is 24.0 Å². The van der Waals surface area contributed by atoms with Crippen molar-refractivity contribution in [3.8, 4) is 0 Å². The Bertz CT molecular complexity index is 857. The first-order valence-electron chi connectivity index (χ1n) is 12.3. The molecule has 5 aliphatic rings. The standard InChI is InChI=1S/C27H38O3/c1-5-19-18(24(28)22-7-6-12-30-22)13-21-17-14-23(29-4)27-15-16(27)8-11-26(27,3)20(17)9-10-25(19,21)2/h5-7,12,16-18,20-21,23-24,28H,8-11,13-15H2,1-4H3/b19-5-/t16-,17-,18+,20+,21+,23-,24?,25-,26-,27+/m1/s1. The zero-order valence-electron chi connectivity index (χ0n) is 19.1. The quantitative estimate of drug-likeness (QED) is 0.608. The van der Waals surface area contributed by atoms with E-state index in [1.165, 1.54) is 44.1 Å². The van der Waals surface area contributed by atoms with Gasteiger partial charge >= 0.3 is 0 Å². The summed E-state index contributed by atoms with van der Waals surface area (Å²) in [7, 11) is 1.96. The van der Waals surface area contributed by atoms with Crippen molar-refractivity contribution in [2.45, 2.75) is 77.9 Å². The van der Waals surface area contributed by atoms with Crippen LogP contribution >= 0.6 is 0 Å². The number of rotatable bonds is 3. The van der Waals surface area contributed by atoms with Crippen LogP contribution in [0.5, 0.6) is 0 Å². The van der Waals surface area contributed by atoms with E-state index in [4.69, 9.17) is 9.15 Å². The molecule has 10 atom stereocenters. The zero-order chi connectivity index (χ0) is 20.9. The van der Waals surface area contributed by atoms with Crippen LogP contribution in [0.25, 0.3) is 0 Å². The fourth-order valence-electron chi connectivity index (χ4n) is 10.0. The van der Waals surface area contributed by atoms with E-state index < -0.39 is 6.10 Å². The molecular weight excluding hydrogens is 372 g/mol. The molecular formula is C27H38O3. The minimum atomic E-state index is -0.532. The van der Waals surface area contributed by atoms with Gasteiger partial charge in [0.1, 0.15) is 11.9 Å². The first-order chi connectivity index (χ1) is 14.4. The number of hydrogen-bond donors (Lipinski definition) is 1. The minimum absolute atomic E-state index is 0.178. The number of aliphatic hydroxyl groups excluding tert-OH is 1. The molecule has 3 nitrogen and oxygen atoms in total. The van der Waals surface area contributed by atoms with Gasteiger partial charge in [0.05, 0.1) is 12.4 Å². The van der Waals surface area contributed by atoms with Crippen molar-refractivity contribution in [2.24, 2.45) is 45.8 Å². The molecule has 3 heteroatoms. The molecule has 30 heavy (non-hydrogen) atoms. The monoisotopic (exact) mass is 410 g/mol. The maximum absolute atomic E-state index is 11.3. The predicted molar refractivity (Wildman–Crippen MR) is 117 cm³/mol. The number of hydrogen-bond acceptors (Lipinski definition) is 3. The van der Waals surface area contributed by atoms with E-state index in [2.05, 4.69) is 26.8 Å². The lowest BCUT2D eigenvalue weighted by molar-refractivity contribution is -0.152. The summed E-state index contributed by atoms with van der Waals surface area (Å²) < 4.78 is 11.9. The summed E-state index contributed by atoms with van der Waals surface area (Å²) in [5.41, 5.74) is 2.61. The van der Waals surface area contributed by atoms with Crippen LogP contribution in [-0.2, 0) is 4.74 Å². The Labute approximate surface area is 181 Å². The molecule has 0 aliphatic heterocycles. The summed E-state index contributed by atoms with van der Waals surface area (Å²) in [5.74, 6) is 4.00. The molecule has 5 fully saturated rings. The van der Waals surface area contributed by atoms with Gasteiger partial charge in [0.25, 0.3) is 0 Å². The lowest BCUT2D eigenvalue weighted by Gasteiger charge is -2.60. The number of ether oxygens (including phenoxy) is 1. The van der Waals surface area contributed by atoms with Gasteiger partial charge in [0, 0.05) is 18.4 Å². The highest BCUT2D eigenvalue weighted by Gasteiger charge is 2.77. The van der Waals surface area contributed by atoms with Crippen molar-refractivity contribution < 1.29 is 14.3 Å². The van der Waals surface area contributed by atoms with Crippen molar-refractivity contribution in [2.75, 3.05) is 7.11 Å². The number of methoxy groups -OCH3 is 1. The first-order valence-corrected chi connectivity index (χ1v) is 12.3. The highest BCUT2D eigenvalue weighted by molar-refractivity contribution is 5.32. The Morgan fingerprint density at radius 1 is 1.20 bits per heavy atom. The van der Waals surface area contributed by atoms with Crippen LogP contribution in [0.2, 0.25) is 0 Å². The van der Waals surface area contributed by atoms with Gasteiger partial charge in [-0.2, -0.15) is 0 Å². The molecule has 5 aliphatic carbocycles. The molecule has 1 N–H and O–H groups in total. The van der Waals surface area contributed by atoms with Gasteiger partial charge in [-0.15, -0.1) is 0 Å². The van der Waals surface area contributed by atoms with Gasteiger partial charge in [-0.05, 0) is 98.5 Å². The third-order valence-corrected chi connectivity index (χ3v) is 11.3. The Kier molecular flexibility index (Phi) is 4.09. The van der Waals surface area contributed by atoms with Crippen LogP contribution in [-0.4, -0.2) is 18.3 Å². The second kappa shape index (κ2) is 6.25. The lowest BCUT2D eigenvalue weighted by atomic mass is 9.46. The van der Waals surface area contributed by atoms with Gasteiger partial charge in [-0.3, -0.25) is 0 Å². The van der Waals surface area contributed by atoms with Crippen molar-refractivity contribution in [1.82, 2.24) is 0 Å². The summed E-state index contributed by atoms with van der Waals surface area (Å²) in [6.07, 6.45) is 13.1. The summed E-state index contributed by atoms with van der Waals surface area (Å²) in [5, 5.41) is 11.3. The number of aliphatic hydroxyl groups is 1. The summed E-state index contributed by atoms with van der Waals surface area (Å²) in [4.78, 5) is 0. The fraction of sp³-hybridized carbons (Fsp3) is 0.778. The zero-order valence-corrected chi connectivity index (χ0v) is 19.1. The number of fused-ring (bicyclic) bond motifs is 4.